The number of hydrogen-bond donors (Lipinski definition) is 1. The zero-order valence-corrected chi connectivity index (χ0v) is 11.4. The lowest BCUT2D eigenvalue weighted by Gasteiger charge is -2.29. The Kier molecular flexibility index (Phi) is 4.79. The fourth-order valence-corrected chi connectivity index (χ4v) is 3.81. The molecule has 1 atom stereocenters. The van der Waals surface area contributed by atoms with Crippen molar-refractivity contribution in [2.45, 2.75) is 24.9 Å². The third kappa shape index (κ3) is 3.66. The number of benzene rings is 1. The molecular weight excluding hydrogens is 271 g/mol. The molecule has 5 heteroatoms. The summed E-state index contributed by atoms with van der Waals surface area (Å²) in [6.07, 6.45) is -2.19. The van der Waals surface area contributed by atoms with Crippen molar-refractivity contribution < 1.29 is 13.2 Å². The number of alkyl halides is 3. The van der Waals surface area contributed by atoms with Gasteiger partial charge in [-0.25, -0.2) is 0 Å². The first-order chi connectivity index (χ1) is 9.02. The average Bonchev–Trinajstić information content (AvgIpc) is 2.40. The molecule has 0 bridgehead atoms. The van der Waals surface area contributed by atoms with E-state index in [1.807, 2.05) is 11.8 Å². The quantitative estimate of drug-likeness (QED) is 0.913. The Hall–Kier alpha value is -0.680. The summed E-state index contributed by atoms with van der Waals surface area (Å²) in [5, 5.41) is 0. The lowest BCUT2D eigenvalue weighted by atomic mass is 9.82. The van der Waals surface area contributed by atoms with Crippen LogP contribution < -0.4 is 5.73 Å². The van der Waals surface area contributed by atoms with E-state index >= 15 is 0 Å². The second-order valence-electron chi connectivity index (χ2n) is 4.92. The molecule has 0 spiro atoms. The highest BCUT2D eigenvalue weighted by atomic mass is 32.2. The molecule has 1 nitrogen and oxygen atoms in total. The van der Waals surface area contributed by atoms with Crippen molar-refractivity contribution >= 4 is 11.8 Å². The monoisotopic (exact) mass is 289 g/mol. The molecule has 1 heterocycles. The van der Waals surface area contributed by atoms with Gasteiger partial charge in [0.05, 0.1) is 5.56 Å². The molecule has 1 aliphatic rings. The Morgan fingerprint density at radius 3 is 2.53 bits per heavy atom. The van der Waals surface area contributed by atoms with Crippen molar-refractivity contribution in [2.24, 2.45) is 11.7 Å². The fraction of sp³-hybridized carbons (Fsp3) is 0.571. The summed E-state index contributed by atoms with van der Waals surface area (Å²) in [6, 6.07) is 5.64. The van der Waals surface area contributed by atoms with E-state index in [-0.39, 0.29) is 5.92 Å². The molecule has 106 valence electrons. The average molecular weight is 289 g/mol. The second kappa shape index (κ2) is 6.18. The molecule has 0 amide bonds. The van der Waals surface area contributed by atoms with Crippen LogP contribution in [-0.2, 0) is 6.18 Å². The number of halogens is 3. The smallest absolute Gasteiger partial charge is 0.330 e. The summed E-state index contributed by atoms with van der Waals surface area (Å²) in [5.41, 5.74) is 5.96. The maximum atomic E-state index is 12.7. The maximum Gasteiger partial charge on any atom is 0.416 e. The van der Waals surface area contributed by atoms with Crippen molar-refractivity contribution in [3.63, 3.8) is 0 Å². The predicted octanol–water partition coefficient (Wildman–Crippen LogP) is 3.89. The topological polar surface area (TPSA) is 26.0 Å². The first-order valence-electron chi connectivity index (χ1n) is 6.47. The molecule has 19 heavy (non-hydrogen) atoms. The van der Waals surface area contributed by atoms with E-state index in [2.05, 4.69) is 0 Å². The zero-order chi connectivity index (χ0) is 13.9. The molecule has 2 rings (SSSR count). The summed E-state index contributed by atoms with van der Waals surface area (Å²) < 4.78 is 38.2. The highest BCUT2D eigenvalue weighted by Gasteiger charge is 2.32. The Morgan fingerprint density at radius 1 is 1.26 bits per heavy atom. The van der Waals surface area contributed by atoms with Gasteiger partial charge in [-0.2, -0.15) is 24.9 Å². The third-order valence-electron chi connectivity index (χ3n) is 3.73. The molecule has 0 saturated carbocycles. The summed E-state index contributed by atoms with van der Waals surface area (Å²) in [7, 11) is 0. The van der Waals surface area contributed by atoms with Crippen LogP contribution in [0.4, 0.5) is 13.2 Å². The van der Waals surface area contributed by atoms with Crippen LogP contribution in [-0.4, -0.2) is 18.1 Å². The number of nitrogens with two attached hydrogens (primary N) is 1. The van der Waals surface area contributed by atoms with Crippen LogP contribution in [0.5, 0.6) is 0 Å². The van der Waals surface area contributed by atoms with Crippen LogP contribution in [0, 0.1) is 5.92 Å². The number of hydrogen-bond acceptors (Lipinski definition) is 2. The zero-order valence-electron chi connectivity index (χ0n) is 10.6. The van der Waals surface area contributed by atoms with Gasteiger partial charge in [-0.05, 0) is 54.4 Å². The SMILES string of the molecule is NCC(c1cccc(C(F)(F)F)c1)C1CCSCC1. The lowest BCUT2D eigenvalue weighted by molar-refractivity contribution is -0.137. The highest BCUT2D eigenvalue weighted by Crippen LogP contribution is 2.37. The molecule has 1 fully saturated rings. The highest BCUT2D eigenvalue weighted by molar-refractivity contribution is 7.99. The van der Waals surface area contributed by atoms with Crippen molar-refractivity contribution in [1.29, 1.82) is 0 Å². The van der Waals surface area contributed by atoms with E-state index in [0.29, 0.717) is 12.5 Å². The Labute approximate surface area is 115 Å². The fourth-order valence-electron chi connectivity index (χ4n) is 2.66. The molecule has 1 aromatic rings. The van der Waals surface area contributed by atoms with Crippen LogP contribution in [0.25, 0.3) is 0 Å². The van der Waals surface area contributed by atoms with E-state index in [1.165, 1.54) is 12.1 Å². The minimum absolute atomic E-state index is 0.0446. The Balaban J connectivity index is 2.22. The van der Waals surface area contributed by atoms with Gasteiger partial charge in [0, 0.05) is 0 Å². The van der Waals surface area contributed by atoms with Gasteiger partial charge in [-0.3, -0.25) is 0 Å². The van der Waals surface area contributed by atoms with E-state index in [1.54, 1.807) is 6.07 Å². The molecule has 1 saturated heterocycles. The lowest BCUT2D eigenvalue weighted by Crippen LogP contribution is -2.25. The first kappa shape index (κ1) is 14.7. The van der Waals surface area contributed by atoms with Gasteiger partial charge >= 0.3 is 6.18 Å². The largest absolute Gasteiger partial charge is 0.416 e. The second-order valence-corrected chi connectivity index (χ2v) is 6.14. The van der Waals surface area contributed by atoms with Crippen molar-refractivity contribution in [2.75, 3.05) is 18.1 Å². The van der Waals surface area contributed by atoms with Crippen molar-refractivity contribution in [3.05, 3.63) is 35.4 Å². The van der Waals surface area contributed by atoms with E-state index in [4.69, 9.17) is 5.73 Å². The minimum Gasteiger partial charge on any atom is -0.330 e. The molecule has 1 unspecified atom stereocenters. The Bertz CT molecular complexity index is 413. The standard InChI is InChI=1S/C14H18F3NS/c15-14(16,17)12-3-1-2-11(8-12)13(9-18)10-4-6-19-7-5-10/h1-3,8,10,13H,4-7,9,18H2. The van der Waals surface area contributed by atoms with Crippen LogP contribution in [0.15, 0.2) is 24.3 Å². The van der Waals surface area contributed by atoms with Crippen LogP contribution >= 0.6 is 11.8 Å². The van der Waals surface area contributed by atoms with Crippen LogP contribution in [0.1, 0.15) is 29.9 Å². The minimum atomic E-state index is -4.28. The molecule has 2 N–H and O–H groups in total. The third-order valence-corrected chi connectivity index (χ3v) is 4.78. The summed E-state index contributed by atoms with van der Waals surface area (Å²) in [4.78, 5) is 0. The molecule has 1 aromatic carbocycles. The van der Waals surface area contributed by atoms with Gasteiger partial charge in [0.15, 0.2) is 0 Å². The van der Waals surface area contributed by atoms with Crippen molar-refractivity contribution in [1.82, 2.24) is 0 Å². The summed E-state index contributed by atoms with van der Waals surface area (Å²) in [6.45, 7) is 0.413. The predicted molar refractivity (Wildman–Crippen MR) is 73.3 cm³/mol. The van der Waals surface area contributed by atoms with E-state index < -0.39 is 11.7 Å². The molecule has 0 aliphatic carbocycles. The van der Waals surface area contributed by atoms with Gasteiger partial charge in [0.1, 0.15) is 0 Å². The first-order valence-corrected chi connectivity index (χ1v) is 7.63. The normalized spacial score (nSPS) is 19.4. The molecule has 1 aliphatic heterocycles. The maximum absolute atomic E-state index is 12.7. The number of rotatable bonds is 3. The van der Waals surface area contributed by atoms with Crippen LogP contribution in [0.2, 0.25) is 0 Å². The van der Waals surface area contributed by atoms with E-state index in [0.717, 1.165) is 36.0 Å². The number of thioether (sulfide) groups is 1. The Morgan fingerprint density at radius 2 is 1.95 bits per heavy atom. The van der Waals surface area contributed by atoms with E-state index in [9.17, 15) is 13.2 Å². The summed E-state index contributed by atoms with van der Waals surface area (Å²) in [5.74, 6) is 2.62. The van der Waals surface area contributed by atoms with Gasteiger partial charge in [0.2, 0.25) is 0 Å². The van der Waals surface area contributed by atoms with Gasteiger partial charge in [-0.15, -0.1) is 0 Å². The molecule has 0 aromatic heterocycles. The van der Waals surface area contributed by atoms with Gasteiger partial charge < -0.3 is 5.73 Å². The summed E-state index contributed by atoms with van der Waals surface area (Å²) >= 11 is 1.91. The molecule has 0 radical (unpaired) electrons. The van der Waals surface area contributed by atoms with Crippen LogP contribution in [0.3, 0.4) is 0 Å². The van der Waals surface area contributed by atoms with Gasteiger partial charge in [-0.1, -0.05) is 18.2 Å². The van der Waals surface area contributed by atoms with Crippen molar-refractivity contribution in [3.8, 4) is 0 Å². The molecular formula is C14H18F3NS. The van der Waals surface area contributed by atoms with Gasteiger partial charge in [0.25, 0.3) is 0 Å².